The summed E-state index contributed by atoms with van der Waals surface area (Å²) in [4.78, 5) is 38.3. The summed E-state index contributed by atoms with van der Waals surface area (Å²) in [5, 5.41) is 10.6. The zero-order chi connectivity index (χ0) is 22.0. The summed E-state index contributed by atoms with van der Waals surface area (Å²) >= 11 is 0. The second-order valence-corrected chi connectivity index (χ2v) is 6.77. The van der Waals surface area contributed by atoms with E-state index < -0.39 is 17.3 Å². The van der Waals surface area contributed by atoms with Crippen LogP contribution in [0, 0.1) is 0 Å². The molecule has 1 aromatic carbocycles. The molecule has 0 fully saturated rings. The van der Waals surface area contributed by atoms with Crippen LogP contribution in [0.25, 0.3) is 10.9 Å². The summed E-state index contributed by atoms with van der Waals surface area (Å²) in [6, 6.07) is 8.39. The van der Waals surface area contributed by atoms with Gasteiger partial charge >= 0.3 is 5.97 Å². The molecule has 3 aromatic rings. The molecule has 1 N–H and O–H groups in total. The van der Waals surface area contributed by atoms with Crippen molar-refractivity contribution in [3.8, 4) is 11.5 Å². The number of ether oxygens (including phenoxy) is 2. The van der Waals surface area contributed by atoms with E-state index in [1.54, 1.807) is 44.3 Å². The van der Waals surface area contributed by atoms with Gasteiger partial charge in [-0.2, -0.15) is 0 Å². The number of rotatable bonds is 7. The molecule has 8 heteroatoms. The number of carbonyl (C=O) groups is 2. The van der Waals surface area contributed by atoms with Gasteiger partial charge in [-0.15, -0.1) is 0 Å². The summed E-state index contributed by atoms with van der Waals surface area (Å²) in [7, 11) is 3.09. The van der Waals surface area contributed by atoms with Gasteiger partial charge in [-0.05, 0) is 31.5 Å². The van der Waals surface area contributed by atoms with Crippen LogP contribution in [0.4, 0.5) is 0 Å². The average molecular weight is 412 g/mol. The summed E-state index contributed by atoms with van der Waals surface area (Å²) in [5.74, 6) is -0.892. The number of aromatic hydroxyl groups is 1. The highest BCUT2D eigenvalue weighted by Gasteiger charge is 2.26. The van der Waals surface area contributed by atoms with Crippen molar-refractivity contribution in [3.63, 3.8) is 0 Å². The van der Waals surface area contributed by atoms with Crippen molar-refractivity contribution in [2.24, 2.45) is 7.05 Å². The van der Waals surface area contributed by atoms with Crippen LogP contribution < -0.4 is 10.3 Å². The van der Waals surface area contributed by atoms with Crippen LogP contribution in [0.1, 0.15) is 40.4 Å². The molecular weight excluding hydrogens is 388 g/mol. The molecule has 2 aromatic heterocycles. The number of hydrogen-bond donors (Lipinski definition) is 1. The summed E-state index contributed by atoms with van der Waals surface area (Å²) in [5.41, 5.74) is 0.794. The maximum Gasteiger partial charge on any atom is 0.358 e. The second-order valence-electron chi connectivity index (χ2n) is 6.77. The summed E-state index contributed by atoms with van der Waals surface area (Å²) in [6.45, 7) is 3.46. The highest BCUT2D eigenvalue weighted by Crippen LogP contribution is 2.30. The molecule has 0 bridgehead atoms. The van der Waals surface area contributed by atoms with E-state index in [0.717, 1.165) is 0 Å². The van der Waals surface area contributed by atoms with E-state index in [4.69, 9.17) is 9.47 Å². The number of methoxy groups -OCH3 is 1. The monoisotopic (exact) mass is 412 g/mol. The number of benzene rings is 1. The molecule has 0 radical (unpaired) electrons. The SMILES string of the molecule is CCOC(=O)c1c(O)c2c(=O)n(CC(=O)c3cccc(OC)c3)c(CC)cc2n1C. The fraction of sp³-hybridized carbons (Fsp3) is 0.318. The van der Waals surface area contributed by atoms with Crippen molar-refractivity contribution in [2.45, 2.75) is 26.8 Å². The molecule has 0 amide bonds. The lowest BCUT2D eigenvalue weighted by molar-refractivity contribution is 0.0512. The van der Waals surface area contributed by atoms with Crippen molar-refractivity contribution in [3.05, 3.63) is 57.6 Å². The molecule has 0 atom stereocenters. The molecule has 3 rings (SSSR count). The lowest BCUT2D eigenvalue weighted by atomic mass is 10.1. The molecule has 0 aliphatic carbocycles. The first kappa shape index (κ1) is 21.2. The number of ketones is 1. The Labute approximate surface area is 173 Å². The van der Waals surface area contributed by atoms with E-state index in [1.807, 2.05) is 6.92 Å². The minimum atomic E-state index is -0.717. The molecule has 2 heterocycles. The Balaban J connectivity index is 2.14. The number of Topliss-reactive ketones (excluding diaryl/α,β-unsaturated/α-hetero) is 1. The van der Waals surface area contributed by atoms with E-state index in [2.05, 4.69) is 0 Å². The van der Waals surface area contributed by atoms with Crippen molar-refractivity contribution in [1.82, 2.24) is 9.13 Å². The Morgan fingerprint density at radius 3 is 2.53 bits per heavy atom. The van der Waals surface area contributed by atoms with Gasteiger partial charge in [0.25, 0.3) is 5.56 Å². The van der Waals surface area contributed by atoms with Crippen LogP contribution in [0.2, 0.25) is 0 Å². The van der Waals surface area contributed by atoms with Crippen molar-refractivity contribution < 1.29 is 24.2 Å². The highest BCUT2D eigenvalue weighted by atomic mass is 16.5. The molecule has 30 heavy (non-hydrogen) atoms. The quantitative estimate of drug-likeness (QED) is 0.473. The van der Waals surface area contributed by atoms with Gasteiger partial charge in [0, 0.05) is 18.3 Å². The molecule has 0 saturated heterocycles. The lowest BCUT2D eigenvalue weighted by Gasteiger charge is -2.12. The third-order valence-electron chi connectivity index (χ3n) is 5.05. The molecule has 158 valence electrons. The number of aryl methyl sites for hydroxylation is 2. The van der Waals surface area contributed by atoms with Crippen LogP contribution in [-0.2, 0) is 24.8 Å². The maximum atomic E-state index is 13.2. The molecule has 8 nitrogen and oxygen atoms in total. The topological polar surface area (TPSA) is 99.8 Å². The minimum Gasteiger partial charge on any atom is -0.505 e. The Kier molecular flexibility index (Phi) is 5.96. The number of carbonyl (C=O) groups excluding carboxylic acids is 2. The number of pyridine rings is 1. The third-order valence-corrected chi connectivity index (χ3v) is 5.05. The van der Waals surface area contributed by atoms with Crippen LogP contribution in [0.3, 0.4) is 0 Å². The van der Waals surface area contributed by atoms with Gasteiger partial charge in [0.15, 0.2) is 17.2 Å². The van der Waals surface area contributed by atoms with Gasteiger partial charge in [-0.1, -0.05) is 19.1 Å². The van der Waals surface area contributed by atoms with E-state index in [-0.39, 0.29) is 30.0 Å². The number of aromatic nitrogens is 2. The largest absolute Gasteiger partial charge is 0.505 e. The van der Waals surface area contributed by atoms with Gasteiger partial charge in [0.2, 0.25) is 0 Å². The van der Waals surface area contributed by atoms with Crippen LogP contribution in [0.15, 0.2) is 35.1 Å². The van der Waals surface area contributed by atoms with Gasteiger partial charge in [-0.25, -0.2) is 4.79 Å². The molecule has 0 unspecified atom stereocenters. The summed E-state index contributed by atoms with van der Waals surface area (Å²) < 4.78 is 12.9. The number of esters is 1. The fourth-order valence-electron chi connectivity index (χ4n) is 3.50. The lowest BCUT2D eigenvalue weighted by Crippen LogP contribution is -2.27. The smallest absolute Gasteiger partial charge is 0.358 e. The zero-order valence-electron chi connectivity index (χ0n) is 17.4. The standard InChI is InChI=1S/C22H24N2O6/c1-5-14-11-16-18(20(26)19(23(16)3)22(28)30-6-2)21(27)24(14)12-17(25)13-8-7-9-15(10-13)29-4/h7-11,26H,5-6,12H2,1-4H3. The minimum absolute atomic E-state index is 0.0174. The first-order valence-corrected chi connectivity index (χ1v) is 9.62. The predicted molar refractivity (Wildman–Crippen MR) is 112 cm³/mol. The normalized spacial score (nSPS) is 10.9. The average Bonchev–Trinajstić information content (AvgIpc) is 2.99. The van der Waals surface area contributed by atoms with Crippen LogP contribution in [-0.4, -0.2) is 39.7 Å². The van der Waals surface area contributed by atoms with Gasteiger partial charge < -0.3 is 23.7 Å². The Morgan fingerprint density at radius 2 is 1.90 bits per heavy atom. The zero-order valence-corrected chi connectivity index (χ0v) is 17.4. The Hall–Kier alpha value is -3.55. The first-order valence-electron chi connectivity index (χ1n) is 9.62. The van der Waals surface area contributed by atoms with Crippen molar-refractivity contribution in [2.75, 3.05) is 13.7 Å². The Morgan fingerprint density at radius 1 is 1.17 bits per heavy atom. The van der Waals surface area contributed by atoms with E-state index in [1.165, 1.54) is 16.2 Å². The number of fused-ring (bicyclic) bond motifs is 1. The van der Waals surface area contributed by atoms with Gasteiger partial charge in [0.1, 0.15) is 11.1 Å². The van der Waals surface area contributed by atoms with Crippen molar-refractivity contribution in [1.29, 1.82) is 0 Å². The van der Waals surface area contributed by atoms with Crippen LogP contribution >= 0.6 is 0 Å². The predicted octanol–water partition coefficient (Wildman–Crippen LogP) is 2.68. The van der Waals surface area contributed by atoms with Crippen molar-refractivity contribution >= 4 is 22.7 Å². The van der Waals surface area contributed by atoms with E-state index in [9.17, 15) is 19.5 Å². The summed E-state index contributed by atoms with van der Waals surface area (Å²) in [6.07, 6.45) is 0.483. The molecule has 0 aliphatic rings. The van der Waals surface area contributed by atoms with Gasteiger partial charge in [0.05, 0.1) is 25.8 Å². The fourth-order valence-corrected chi connectivity index (χ4v) is 3.50. The number of hydrogen-bond acceptors (Lipinski definition) is 6. The Bertz CT molecular complexity index is 1190. The van der Waals surface area contributed by atoms with E-state index in [0.29, 0.717) is 28.9 Å². The molecule has 0 aliphatic heterocycles. The second kappa shape index (κ2) is 8.44. The van der Waals surface area contributed by atoms with Crippen LogP contribution in [0.5, 0.6) is 11.5 Å². The molecular formula is C22H24N2O6. The highest BCUT2D eigenvalue weighted by molar-refractivity contribution is 6.01. The maximum absolute atomic E-state index is 13.2. The number of nitrogens with zero attached hydrogens (tertiary/aromatic N) is 2. The third kappa shape index (κ3) is 3.56. The molecule has 0 saturated carbocycles. The first-order chi connectivity index (χ1) is 14.3. The van der Waals surface area contributed by atoms with E-state index >= 15 is 0 Å². The van der Waals surface area contributed by atoms with Gasteiger partial charge in [-0.3, -0.25) is 9.59 Å². The molecule has 0 spiro atoms.